The van der Waals surface area contributed by atoms with E-state index in [9.17, 15) is 0 Å². The Morgan fingerprint density at radius 2 is 2.00 bits per heavy atom. The lowest BCUT2D eigenvalue weighted by Gasteiger charge is -2.35. The van der Waals surface area contributed by atoms with Gasteiger partial charge < -0.3 is 4.90 Å². The number of piperidine rings is 1. The third kappa shape index (κ3) is 2.59. The Kier molecular flexibility index (Phi) is 3.10. The minimum absolute atomic E-state index is 0.332. The van der Waals surface area contributed by atoms with Gasteiger partial charge in [0.05, 0.1) is 0 Å². The highest BCUT2D eigenvalue weighted by Crippen LogP contribution is 2.25. The van der Waals surface area contributed by atoms with E-state index in [1.54, 1.807) is 6.20 Å². The first kappa shape index (κ1) is 10.7. The maximum Gasteiger partial charge on any atom is 0.224 e. The summed E-state index contributed by atoms with van der Waals surface area (Å²) < 4.78 is 0. The SMILES string of the molecule is CC1CC(C)CN(c2ccnc(Cl)n2)C1. The summed E-state index contributed by atoms with van der Waals surface area (Å²) >= 11 is 5.79. The minimum atomic E-state index is 0.332. The third-order valence-electron chi connectivity index (χ3n) is 2.80. The highest BCUT2D eigenvalue weighted by molar-refractivity contribution is 6.28. The molecule has 0 aliphatic carbocycles. The Morgan fingerprint density at radius 3 is 2.60 bits per heavy atom. The molecule has 1 aliphatic heterocycles. The molecule has 4 heteroatoms. The standard InChI is InChI=1S/C11H16ClN3/c1-8-5-9(2)7-15(6-8)10-3-4-13-11(12)14-10/h3-4,8-9H,5-7H2,1-2H3. The zero-order valence-electron chi connectivity index (χ0n) is 9.15. The molecule has 2 atom stereocenters. The number of halogens is 1. The molecule has 1 aromatic heterocycles. The lowest BCUT2D eigenvalue weighted by atomic mass is 9.92. The van der Waals surface area contributed by atoms with Gasteiger partial charge >= 0.3 is 0 Å². The number of rotatable bonds is 1. The first-order valence-corrected chi connectivity index (χ1v) is 5.76. The van der Waals surface area contributed by atoms with Crippen molar-refractivity contribution in [3.05, 3.63) is 17.5 Å². The van der Waals surface area contributed by atoms with Crippen LogP contribution in [0.1, 0.15) is 20.3 Å². The second-order valence-electron chi connectivity index (χ2n) is 4.53. The fourth-order valence-electron chi connectivity index (χ4n) is 2.35. The van der Waals surface area contributed by atoms with E-state index in [4.69, 9.17) is 11.6 Å². The summed E-state index contributed by atoms with van der Waals surface area (Å²) in [4.78, 5) is 10.4. The first-order chi connectivity index (χ1) is 7.15. The predicted octanol–water partition coefficient (Wildman–Crippen LogP) is 2.61. The van der Waals surface area contributed by atoms with Gasteiger partial charge in [-0.2, -0.15) is 0 Å². The summed E-state index contributed by atoms with van der Waals surface area (Å²) in [7, 11) is 0. The zero-order chi connectivity index (χ0) is 10.8. The summed E-state index contributed by atoms with van der Waals surface area (Å²) in [5.74, 6) is 2.40. The van der Waals surface area contributed by atoms with E-state index in [1.807, 2.05) is 6.07 Å². The molecule has 1 aliphatic rings. The molecule has 0 saturated carbocycles. The Labute approximate surface area is 95.5 Å². The maximum atomic E-state index is 5.79. The van der Waals surface area contributed by atoms with Gasteiger partial charge in [-0.3, -0.25) is 0 Å². The molecule has 0 N–H and O–H groups in total. The van der Waals surface area contributed by atoms with Crippen molar-refractivity contribution in [1.82, 2.24) is 9.97 Å². The molecule has 0 spiro atoms. The monoisotopic (exact) mass is 225 g/mol. The van der Waals surface area contributed by atoms with Gasteiger partial charge in [0, 0.05) is 19.3 Å². The van der Waals surface area contributed by atoms with Gasteiger partial charge in [0.2, 0.25) is 5.28 Å². The number of hydrogen-bond acceptors (Lipinski definition) is 3. The van der Waals surface area contributed by atoms with Crippen molar-refractivity contribution >= 4 is 17.4 Å². The van der Waals surface area contributed by atoms with Crippen LogP contribution in [0.3, 0.4) is 0 Å². The molecule has 0 amide bonds. The summed E-state index contributed by atoms with van der Waals surface area (Å²) in [5, 5.41) is 0.332. The van der Waals surface area contributed by atoms with Crippen LogP contribution in [0.4, 0.5) is 5.82 Å². The second kappa shape index (κ2) is 4.35. The Hall–Kier alpha value is -0.830. The van der Waals surface area contributed by atoms with Gasteiger partial charge in [0.25, 0.3) is 0 Å². The van der Waals surface area contributed by atoms with Crippen LogP contribution in [0.15, 0.2) is 12.3 Å². The predicted molar refractivity (Wildman–Crippen MR) is 62.2 cm³/mol. The van der Waals surface area contributed by atoms with E-state index in [0.717, 1.165) is 30.7 Å². The number of hydrogen-bond donors (Lipinski definition) is 0. The van der Waals surface area contributed by atoms with Crippen LogP contribution in [0, 0.1) is 11.8 Å². The summed E-state index contributed by atoms with van der Waals surface area (Å²) in [6, 6.07) is 1.93. The Morgan fingerprint density at radius 1 is 1.33 bits per heavy atom. The number of aromatic nitrogens is 2. The normalized spacial score (nSPS) is 26.7. The van der Waals surface area contributed by atoms with Gasteiger partial charge in [0.1, 0.15) is 5.82 Å². The molecule has 2 heterocycles. The summed E-state index contributed by atoms with van der Waals surface area (Å²) in [6.07, 6.45) is 3.02. The molecule has 1 aromatic rings. The molecular weight excluding hydrogens is 210 g/mol. The van der Waals surface area contributed by atoms with Crippen LogP contribution >= 0.6 is 11.6 Å². The quantitative estimate of drug-likeness (QED) is 0.688. The molecule has 0 bridgehead atoms. The van der Waals surface area contributed by atoms with E-state index in [-0.39, 0.29) is 0 Å². The number of nitrogens with zero attached hydrogens (tertiary/aromatic N) is 3. The van der Waals surface area contributed by atoms with E-state index >= 15 is 0 Å². The van der Waals surface area contributed by atoms with E-state index in [2.05, 4.69) is 28.7 Å². The van der Waals surface area contributed by atoms with Crippen LogP contribution in [0.2, 0.25) is 5.28 Å². The largest absolute Gasteiger partial charge is 0.356 e. The summed E-state index contributed by atoms with van der Waals surface area (Å²) in [6.45, 7) is 6.70. The van der Waals surface area contributed by atoms with Crippen molar-refractivity contribution in [1.29, 1.82) is 0 Å². The van der Waals surface area contributed by atoms with Crippen LogP contribution in [-0.4, -0.2) is 23.1 Å². The lowest BCUT2D eigenvalue weighted by Crippen LogP contribution is -2.39. The summed E-state index contributed by atoms with van der Waals surface area (Å²) in [5.41, 5.74) is 0. The fraction of sp³-hybridized carbons (Fsp3) is 0.636. The average Bonchev–Trinajstić information content (AvgIpc) is 2.16. The molecule has 1 fully saturated rings. The van der Waals surface area contributed by atoms with E-state index in [1.165, 1.54) is 6.42 Å². The second-order valence-corrected chi connectivity index (χ2v) is 4.87. The molecule has 15 heavy (non-hydrogen) atoms. The Balaban J connectivity index is 2.16. The van der Waals surface area contributed by atoms with Gasteiger partial charge in [0.15, 0.2) is 0 Å². The van der Waals surface area contributed by atoms with Crippen molar-refractivity contribution in [3.8, 4) is 0 Å². The third-order valence-corrected chi connectivity index (χ3v) is 2.99. The number of anilines is 1. The highest BCUT2D eigenvalue weighted by atomic mass is 35.5. The van der Waals surface area contributed by atoms with Crippen LogP contribution in [-0.2, 0) is 0 Å². The van der Waals surface area contributed by atoms with Gasteiger partial charge in [-0.25, -0.2) is 9.97 Å². The zero-order valence-corrected chi connectivity index (χ0v) is 9.91. The van der Waals surface area contributed by atoms with Crippen molar-refractivity contribution in [3.63, 3.8) is 0 Å². The molecule has 82 valence electrons. The van der Waals surface area contributed by atoms with Gasteiger partial charge in [-0.05, 0) is 35.9 Å². The van der Waals surface area contributed by atoms with Gasteiger partial charge in [-0.1, -0.05) is 13.8 Å². The molecule has 2 unspecified atom stereocenters. The first-order valence-electron chi connectivity index (χ1n) is 5.38. The topological polar surface area (TPSA) is 29.0 Å². The lowest BCUT2D eigenvalue weighted by molar-refractivity contribution is 0.355. The molecular formula is C11H16ClN3. The van der Waals surface area contributed by atoms with Crippen molar-refractivity contribution < 1.29 is 0 Å². The molecule has 0 radical (unpaired) electrons. The molecule has 3 nitrogen and oxygen atoms in total. The van der Waals surface area contributed by atoms with Crippen LogP contribution in [0.25, 0.3) is 0 Å². The van der Waals surface area contributed by atoms with Crippen LogP contribution in [0.5, 0.6) is 0 Å². The Bertz CT molecular complexity index is 332. The van der Waals surface area contributed by atoms with Gasteiger partial charge in [-0.15, -0.1) is 0 Å². The fourth-order valence-corrected chi connectivity index (χ4v) is 2.50. The van der Waals surface area contributed by atoms with E-state index < -0.39 is 0 Å². The molecule has 0 aromatic carbocycles. The molecule has 1 saturated heterocycles. The van der Waals surface area contributed by atoms with Crippen LogP contribution < -0.4 is 4.90 Å². The molecule has 2 rings (SSSR count). The van der Waals surface area contributed by atoms with Crippen molar-refractivity contribution in [2.75, 3.05) is 18.0 Å². The van der Waals surface area contributed by atoms with Crippen molar-refractivity contribution in [2.24, 2.45) is 11.8 Å². The van der Waals surface area contributed by atoms with E-state index in [0.29, 0.717) is 5.28 Å². The van der Waals surface area contributed by atoms with Crippen molar-refractivity contribution in [2.45, 2.75) is 20.3 Å². The highest BCUT2D eigenvalue weighted by Gasteiger charge is 2.22. The average molecular weight is 226 g/mol. The smallest absolute Gasteiger partial charge is 0.224 e. The maximum absolute atomic E-state index is 5.79. The minimum Gasteiger partial charge on any atom is -0.356 e.